The van der Waals surface area contributed by atoms with Gasteiger partial charge in [-0.3, -0.25) is 5.09 Å². The van der Waals surface area contributed by atoms with Crippen molar-refractivity contribution in [3.63, 3.8) is 0 Å². The third kappa shape index (κ3) is 5.20. The van der Waals surface area contributed by atoms with E-state index in [2.05, 4.69) is 120 Å². The van der Waals surface area contributed by atoms with Crippen LogP contribution in [0.1, 0.15) is 20.8 Å². The minimum atomic E-state index is -2.08. The topological polar surface area (TPSA) is 40.6 Å². The zero-order valence-corrected chi connectivity index (χ0v) is 19.4. The summed E-state index contributed by atoms with van der Waals surface area (Å²) in [5, 5.41) is 3.83. The first-order chi connectivity index (χ1) is 10.1. The molecule has 0 bridgehead atoms. The van der Waals surface area contributed by atoms with Gasteiger partial charge in [0.1, 0.15) is 0 Å². The van der Waals surface area contributed by atoms with Gasteiger partial charge in [-0.1, -0.05) is 0 Å². The van der Waals surface area contributed by atoms with Crippen molar-refractivity contribution in [2.24, 2.45) is 4.52 Å². The quantitative estimate of drug-likeness (QED) is 0.697. The normalized spacial score (nSPS) is 14.7. The zero-order chi connectivity index (χ0) is 18.8. The molecule has 9 heteroatoms. The molecule has 0 amide bonds. The summed E-state index contributed by atoms with van der Waals surface area (Å²) in [5.74, 6) is 0. The highest BCUT2D eigenvalue weighted by Crippen LogP contribution is 2.72. The first-order valence-electron chi connectivity index (χ1n) is 7.85. The lowest BCUT2D eigenvalue weighted by Crippen LogP contribution is -2.43. The van der Waals surface area contributed by atoms with E-state index in [1.165, 1.54) is 0 Å². The molecule has 0 unspecified atom stereocenters. The molecular weight excluding hydrogens is 328 g/mol. The zero-order valence-electron chi connectivity index (χ0n) is 17.6. The maximum absolute atomic E-state index is 5.56. The van der Waals surface area contributed by atoms with Crippen LogP contribution < -0.4 is 5.09 Å². The van der Waals surface area contributed by atoms with Crippen LogP contribution in [0.2, 0.25) is 0 Å². The van der Waals surface area contributed by atoms with Crippen molar-refractivity contribution in [1.82, 2.24) is 28.4 Å². The second kappa shape index (κ2) is 8.20. The Labute approximate surface area is 145 Å². The fourth-order valence-electron chi connectivity index (χ4n) is 2.67. The highest BCUT2D eigenvalue weighted by molar-refractivity contribution is 7.75. The van der Waals surface area contributed by atoms with E-state index in [1.807, 2.05) is 0 Å². The fourth-order valence-corrected chi connectivity index (χ4v) is 11.6. The molecule has 0 saturated carbocycles. The molecule has 0 rings (SSSR count). The van der Waals surface area contributed by atoms with Gasteiger partial charge in [-0.2, -0.15) is 0 Å². The number of hydrogen-bond acceptors (Lipinski definition) is 4. The minimum absolute atomic E-state index is 0.0353. The summed E-state index contributed by atoms with van der Waals surface area (Å²) in [6.07, 6.45) is 0. The van der Waals surface area contributed by atoms with E-state index < -0.39 is 15.4 Å². The molecule has 0 aliphatic carbocycles. The van der Waals surface area contributed by atoms with Crippen LogP contribution in [0.3, 0.4) is 0 Å². The lowest BCUT2D eigenvalue weighted by Gasteiger charge is -2.44. The van der Waals surface area contributed by atoms with E-state index in [1.54, 1.807) is 0 Å². The van der Waals surface area contributed by atoms with Gasteiger partial charge >= 0.3 is 7.87 Å². The minimum Gasteiger partial charge on any atom is -0.251 e. The predicted molar refractivity (Wildman–Crippen MR) is 108 cm³/mol. The lowest BCUT2D eigenvalue weighted by atomic mass is 10.1. The molecule has 1 N–H and O–H groups in total. The Morgan fingerprint density at radius 1 is 0.696 bits per heavy atom. The van der Waals surface area contributed by atoms with Gasteiger partial charge in [-0.25, -0.2) is 9.34 Å². The molecule has 0 aromatic carbocycles. The van der Waals surface area contributed by atoms with Crippen LogP contribution in [-0.4, -0.2) is 99.4 Å². The highest BCUT2D eigenvalue weighted by atomic mass is 31.2. The molecule has 0 fully saturated rings. The van der Waals surface area contributed by atoms with Crippen molar-refractivity contribution in [2.45, 2.75) is 26.3 Å². The average molecular weight is 368 g/mol. The van der Waals surface area contributed by atoms with Gasteiger partial charge in [-0.05, 0) is 53.5 Å². The van der Waals surface area contributed by atoms with Gasteiger partial charge < -0.3 is 0 Å². The van der Waals surface area contributed by atoms with E-state index >= 15 is 0 Å². The summed E-state index contributed by atoms with van der Waals surface area (Å²) in [6.45, 7) is 6.60. The number of nitrogens with zero attached hydrogens (tertiary/aromatic N) is 6. The Kier molecular flexibility index (Phi) is 8.35. The summed E-state index contributed by atoms with van der Waals surface area (Å²) < 4.78 is 16.9. The van der Waals surface area contributed by atoms with Crippen molar-refractivity contribution in [1.29, 1.82) is 0 Å². The standard InChI is InChI=1S/C14H40N7P2/c1-14(2,3)15-22(17(4)5,18(6)7)16-23(19(8)9,20(10)11)21(12)13/h15H,1-13H3/q+1. The van der Waals surface area contributed by atoms with Crippen molar-refractivity contribution < 1.29 is 0 Å². The summed E-state index contributed by atoms with van der Waals surface area (Å²) in [6, 6.07) is 0. The van der Waals surface area contributed by atoms with Gasteiger partial charge in [0.15, 0.2) is 0 Å². The fraction of sp³-hybridized carbons (Fsp3) is 1.00. The van der Waals surface area contributed by atoms with Crippen molar-refractivity contribution in [2.75, 3.05) is 70.5 Å². The van der Waals surface area contributed by atoms with Crippen molar-refractivity contribution in [3.05, 3.63) is 0 Å². The van der Waals surface area contributed by atoms with E-state index in [9.17, 15) is 0 Å². The Morgan fingerprint density at radius 3 is 1.17 bits per heavy atom. The molecule has 7 nitrogen and oxygen atoms in total. The van der Waals surface area contributed by atoms with Crippen LogP contribution in [0.25, 0.3) is 0 Å². The predicted octanol–water partition coefficient (Wildman–Crippen LogP) is 2.81. The monoisotopic (exact) mass is 368 g/mol. The molecule has 0 aromatic rings. The molecule has 0 spiro atoms. The van der Waals surface area contributed by atoms with Crippen molar-refractivity contribution in [3.8, 4) is 0 Å². The second-order valence-corrected chi connectivity index (χ2v) is 14.9. The molecule has 23 heavy (non-hydrogen) atoms. The van der Waals surface area contributed by atoms with Gasteiger partial charge in [0.2, 0.25) is 7.51 Å². The molecule has 0 aliphatic rings. The van der Waals surface area contributed by atoms with Gasteiger partial charge in [-0.15, -0.1) is 14.0 Å². The summed E-state index contributed by atoms with van der Waals surface area (Å²) in [7, 11) is 17.1. The Bertz CT molecular complexity index is 392. The highest BCUT2D eigenvalue weighted by Gasteiger charge is 2.52. The maximum atomic E-state index is 5.56. The van der Waals surface area contributed by atoms with E-state index in [-0.39, 0.29) is 5.54 Å². The molecule has 0 aromatic heterocycles. The molecule has 0 heterocycles. The Balaban J connectivity index is 6.69. The number of rotatable bonds is 7. The van der Waals surface area contributed by atoms with E-state index in [0.717, 1.165) is 0 Å². The van der Waals surface area contributed by atoms with E-state index in [4.69, 9.17) is 4.52 Å². The summed E-state index contributed by atoms with van der Waals surface area (Å²) >= 11 is 0. The van der Waals surface area contributed by atoms with Gasteiger partial charge in [0.25, 0.3) is 0 Å². The molecule has 0 aliphatic heterocycles. The maximum Gasteiger partial charge on any atom is 0.355 e. The van der Waals surface area contributed by atoms with Crippen LogP contribution in [0, 0.1) is 0 Å². The molecule has 140 valence electrons. The molecular formula is C14H40N7P2+. The molecule has 0 saturated heterocycles. The average Bonchev–Trinajstić information content (AvgIpc) is 2.30. The van der Waals surface area contributed by atoms with Crippen molar-refractivity contribution >= 4 is 15.4 Å². The number of nitrogens with one attached hydrogen (secondary N) is 1. The van der Waals surface area contributed by atoms with Crippen LogP contribution in [0.15, 0.2) is 4.52 Å². The molecule has 0 radical (unpaired) electrons. The first-order valence-corrected chi connectivity index (χ1v) is 11.1. The van der Waals surface area contributed by atoms with E-state index in [0.29, 0.717) is 0 Å². The lowest BCUT2D eigenvalue weighted by molar-refractivity contribution is 0.447. The van der Waals surface area contributed by atoms with Crippen LogP contribution >= 0.6 is 15.4 Å². The molecule has 0 atom stereocenters. The summed E-state index contributed by atoms with van der Waals surface area (Å²) in [5.41, 5.74) is -0.0353. The first kappa shape index (κ1) is 23.4. The number of hydrogen-bond donors (Lipinski definition) is 1. The second-order valence-electron chi connectivity index (χ2n) is 7.79. The van der Waals surface area contributed by atoms with Crippen LogP contribution in [0.5, 0.6) is 0 Å². The van der Waals surface area contributed by atoms with Gasteiger partial charge in [0, 0.05) is 47.8 Å². The summed E-state index contributed by atoms with van der Waals surface area (Å²) in [4.78, 5) is 0. The smallest absolute Gasteiger partial charge is 0.251 e. The van der Waals surface area contributed by atoms with Crippen LogP contribution in [0.4, 0.5) is 0 Å². The van der Waals surface area contributed by atoms with Crippen LogP contribution in [-0.2, 0) is 0 Å². The van der Waals surface area contributed by atoms with Gasteiger partial charge in [0.05, 0.1) is 0 Å². The largest absolute Gasteiger partial charge is 0.355 e. The third-order valence-corrected chi connectivity index (χ3v) is 11.8. The SMILES string of the molecule is CN(C)P(=N[P+](N(C)C)(N(C)C)N(C)C)(NC(C)(C)C)N(C)C. The Morgan fingerprint density at radius 2 is 1.00 bits per heavy atom. The third-order valence-electron chi connectivity index (χ3n) is 3.46. The Hall–Kier alpha value is 0.420.